The maximum atomic E-state index is 5.61. The summed E-state index contributed by atoms with van der Waals surface area (Å²) in [6.45, 7) is 0. The molecule has 2 aromatic rings. The molecule has 2 N–H and O–H groups in total. The third-order valence-electron chi connectivity index (χ3n) is 1.72. The quantitative estimate of drug-likeness (QED) is 0.746. The van der Waals surface area contributed by atoms with Crippen molar-refractivity contribution in [1.82, 2.24) is 4.98 Å². The Labute approximate surface area is 119 Å². The van der Waals surface area contributed by atoms with Crippen molar-refractivity contribution < 1.29 is 0 Å². The highest BCUT2D eigenvalue weighted by Crippen LogP contribution is 2.34. The van der Waals surface area contributed by atoms with E-state index in [1.807, 2.05) is 24.3 Å². The van der Waals surface area contributed by atoms with E-state index < -0.39 is 0 Å². The van der Waals surface area contributed by atoms with Gasteiger partial charge in [-0.15, -0.1) is 17.0 Å². The number of thiazole rings is 1. The largest absolute Gasteiger partial charge is 0.375 e. The summed E-state index contributed by atoms with van der Waals surface area (Å²) < 4.78 is 2.03. The number of nitrogen functional groups attached to an aromatic ring is 1. The number of hydrogen-bond acceptors (Lipinski definition) is 3. The average Bonchev–Trinajstić information content (AvgIpc) is 2.47. The molecule has 0 fully saturated rings. The molecule has 0 unspecified atom stereocenters. The second kappa shape index (κ2) is 5.43. The summed E-state index contributed by atoms with van der Waals surface area (Å²) in [5.74, 6) is 0. The van der Waals surface area contributed by atoms with E-state index in [4.69, 9.17) is 5.73 Å². The van der Waals surface area contributed by atoms with Crippen molar-refractivity contribution in [3.05, 3.63) is 32.5 Å². The van der Waals surface area contributed by atoms with Crippen LogP contribution in [0.15, 0.2) is 32.5 Å². The van der Waals surface area contributed by atoms with E-state index in [0.29, 0.717) is 5.13 Å². The van der Waals surface area contributed by atoms with Gasteiger partial charge < -0.3 is 5.73 Å². The van der Waals surface area contributed by atoms with Gasteiger partial charge in [-0.2, -0.15) is 0 Å². The number of benzene rings is 1. The van der Waals surface area contributed by atoms with Gasteiger partial charge in [0.2, 0.25) is 0 Å². The standard InChI is InChI=1S/C9H6Br2N2S.BrH/c10-6-3-1-5(2-4-6)7-8(11)14-9(12)13-7;/h1-4H,(H2,12,13);1H. The second-order valence-electron chi connectivity index (χ2n) is 2.68. The number of halogens is 3. The van der Waals surface area contributed by atoms with Crippen molar-refractivity contribution in [2.24, 2.45) is 0 Å². The molecule has 0 aliphatic rings. The van der Waals surface area contributed by atoms with Crippen molar-refractivity contribution in [3.63, 3.8) is 0 Å². The second-order valence-corrected chi connectivity index (χ2v) is 5.95. The van der Waals surface area contributed by atoms with Crippen molar-refractivity contribution in [2.75, 3.05) is 5.73 Å². The van der Waals surface area contributed by atoms with Crippen LogP contribution in [-0.4, -0.2) is 4.98 Å². The minimum Gasteiger partial charge on any atom is -0.375 e. The highest BCUT2D eigenvalue weighted by Gasteiger charge is 2.08. The first kappa shape index (κ1) is 13.2. The van der Waals surface area contributed by atoms with Gasteiger partial charge in [-0.1, -0.05) is 39.4 Å². The van der Waals surface area contributed by atoms with Crippen molar-refractivity contribution >= 4 is 65.3 Å². The maximum Gasteiger partial charge on any atom is 0.181 e. The first-order valence-corrected chi connectivity index (χ1v) is 6.25. The highest BCUT2D eigenvalue weighted by atomic mass is 79.9. The molecule has 0 aliphatic heterocycles. The van der Waals surface area contributed by atoms with Crippen molar-refractivity contribution in [2.45, 2.75) is 0 Å². The molecular formula is C9H7Br3N2S. The Morgan fingerprint density at radius 3 is 2.20 bits per heavy atom. The van der Waals surface area contributed by atoms with Crippen LogP contribution >= 0.6 is 60.2 Å². The molecule has 0 radical (unpaired) electrons. The highest BCUT2D eigenvalue weighted by molar-refractivity contribution is 9.11. The number of aromatic nitrogens is 1. The monoisotopic (exact) mass is 412 g/mol. The molecule has 6 heteroatoms. The van der Waals surface area contributed by atoms with Gasteiger partial charge in [0, 0.05) is 10.0 Å². The van der Waals surface area contributed by atoms with E-state index in [1.165, 1.54) is 11.3 Å². The summed E-state index contributed by atoms with van der Waals surface area (Å²) in [6, 6.07) is 7.97. The summed E-state index contributed by atoms with van der Waals surface area (Å²) in [7, 11) is 0. The van der Waals surface area contributed by atoms with Crippen LogP contribution in [0.4, 0.5) is 5.13 Å². The topological polar surface area (TPSA) is 38.9 Å². The number of nitrogens with two attached hydrogens (primary N) is 1. The molecule has 0 bridgehead atoms. The Hall–Kier alpha value is 0.0900. The molecule has 1 aromatic heterocycles. The molecule has 0 aliphatic carbocycles. The smallest absolute Gasteiger partial charge is 0.181 e. The van der Waals surface area contributed by atoms with Crippen LogP contribution in [0, 0.1) is 0 Å². The predicted molar refractivity (Wildman–Crippen MR) is 77.7 cm³/mol. The van der Waals surface area contributed by atoms with Gasteiger partial charge in [0.25, 0.3) is 0 Å². The van der Waals surface area contributed by atoms with Crippen LogP contribution in [-0.2, 0) is 0 Å². The van der Waals surface area contributed by atoms with Gasteiger partial charge in [-0.05, 0) is 28.1 Å². The van der Waals surface area contributed by atoms with E-state index in [1.54, 1.807) is 0 Å². The van der Waals surface area contributed by atoms with Gasteiger partial charge in [-0.3, -0.25) is 0 Å². The molecule has 1 aromatic carbocycles. The summed E-state index contributed by atoms with van der Waals surface area (Å²) in [6.07, 6.45) is 0. The van der Waals surface area contributed by atoms with E-state index in [2.05, 4.69) is 36.8 Å². The molecule has 0 saturated heterocycles. The minimum atomic E-state index is 0. The fourth-order valence-electron chi connectivity index (χ4n) is 1.10. The molecular weight excluding hydrogens is 408 g/mol. The van der Waals surface area contributed by atoms with Crippen LogP contribution in [0.5, 0.6) is 0 Å². The first-order chi connectivity index (χ1) is 6.66. The molecule has 0 atom stereocenters. The van der Waals surface area contributed by atoms with Gasteiger partial charge >= 0.3 is 0 Å². The van der Waals surface area contributed by atoms with E-state index in [0.717, 1.165) is 19.5 Å². The number of anilines is 1. The molecule has 0 saturated carbocycles. The molecule has 80 valence electrons. The summed E-state index contributed by atoms with van der Waals surface area (Å²) in [5.41, 5.74) is 7.58. The Kier molecular flexibility index (Phi) is 4.76. The van der Waals surface area contributed by atoms with Crippen LogP contribution in [0.25, 0.3) is 11.3 Å². The predicted octanol–water partition coefficient (Wildman–Crippen LogP) is 4.50. The Balaban J connectivity index is 0.00000112. The van der Waals surface area contributed by atoms with Crippen molar-refractivity contribution in [3.8, 4) is 11.3 Å². The number of rotatable bonds is 1. The molecule has 1 heterocycles. The van der Waals surface area contributed by atoms with Crippen LogP contribution in [0.3, 0.4) is 0 Å². The molecule has 2 rings (SSSR count). The summed E-state index contributed by atoms with van der Waals surface area (Å²) in [4.78, 5) is 4.24. The molecule has 15 heavy (non-hydrogen) atoms. The van der Waals surface area contributed by atoms with Crippen molar-refractivity contribution in [1.29, 1.82) is 0 Å². The normalized spacial score (nSPS) is 9.73. The van der Waals surface area contributed by atoms with E-state index in [-0.39, 0.29) is 17.0 Å². The molecule has 0 spiro atoms. The zero-order valence-electron chi connectivity index (χ0n) is 7.41. The lowest BCUT2D eigenvalue weighted by molar-refractivity contribution is 1.40. The minimum absolute atomic E-state index is 0. The fourth-order valence-corrected chi connectivity index (χ4v) is 2.76. The maximum absolute atomic E-state index is 5.61. The van der Waals surface area contributed by atoms with Crippen LogP contribution in [0.1, 0.15) is 0 Å². The third kappa shape index (κ3) is 3.03. The van der Waals surface area contributed by atoms with Gasteiger partial charge in [0.1, 0.15) is 0 Å². The van der Waals surface area contributed by atoms with E-state index in [9.17, 15) is 0 Å². The summed E-state index contributed by atoms with van der Waals surface area (Å²) >= 11 is 8.26. The molecule has 0 amide bonds. The van der Waals surface area contributed by atoms with Gasteiger partial charge in [-0.25, -0.2) is 4.98 Å². The lowest BCUT2D eigenvalue weighted by atomic mass is 10.2. The molecule has 2 nitrogen and oxygen atoms in total. The zero-order valence-corrected chi connectivity index (χ0v) is 13.1. The van der Waals surface area contributed by atoms with Crippen LogP contribution in [0.2, 0.25) is 0 Å². The Morgan fingerprint density at radius 1 is 1.13 bits per heavy atom. The lowest BCUT2D eigenvalue weighted by Gasteiger charge is -1.97. The first-order valence-electron chi connectivity index (χ1n) is 3.84. The Bertz CT molecular complexity index is 453. The van der Waals surface area contributed by atoms with Gasteiger partial charge in [0.05, 0.1) is 9.48 Å². The van der Waals surface area contributed by atoms with Gasteiger partial charge in [0.15, 0.2) is 5.13 Å². The summed E-state index contributed by atoms with van der Waals surface area (Å²) in [5, 5.41) is 0.579. The fraction of sp³-hybridized carbons (Fsp3) is 0. The van der Waals surface area contributed by atoms with Crippen LogP contribution < -0.4 is 5.73 Å². The SMILES string of the molecule is Br.Nc1nc(-c2ccc(Br)cc2)c(Br)s1. The Morgan fingerprint density at radius 2 is 1.73 bits per heavy atom. The average molecular weight is 415 g/mol. The number of hydrogen-bond donors (Lipinski definition) is 1. The third-order valence-corrected chi connectivity index (χ3v) is 3.78. The van der Waals surface area contributed by atoms with E-state index >= 15 is 0 Å². The number of nitrogens with zero attached hydrogens (tertiary/aromatic N) is 1. The lowest BCUT2D eigenvalue weighted by Crippen LogP contribution is -1.82. The zero-order chi connectivity index (χ0) is 10.1.